The van der Waals surface area contributed by atoms with Crippen LogP contribution >= 0.6 is 0 Å². The first-order valence-electron chi connectivity index (χ1n) is 11.8. The molecule has 0 bridgehead atoms. The summed E-state index contributed by atoms with van der Waals surface area (Å²) in [5.41, 5.74) is 0.766. The molecule has 4 heterocycles. The quantitative estimate of drug-likeness (QED) is 0.352. The maximum absolute atomic E-state index is 13.7. The Morgan fingerprint density at radius 1 is 1.11 bits per heavy atom. The van der Waals surface area contributed by atoms with Crippen LogP contribution in [0.1, 0.15) is 6.04 Å². The molecular formula is C24H27FN6O6. The number of pyridine rings is 1. The second kappa shape index (κ2) is 10.4. The first-order chi connectivity index (χ1) is 17.9. The van der Waals surface area contributed by atoms with Gasteiger partial charge in [0.05, 0.1) is 19.0 Å². The van der Waals surface area contributed by atoms with Crippen molar-refractivity contribution >= 4 is 11.7 Å². The molecular weight excluding hydrogens is 487 g/mol. The van der Waals surface area contributed by atoms with Gasteiger partial charge in [-0.25, -0.2) is 14.1 Å². The fourth-order valence-corrected chi connectivity index (χ4v) is 4.72. The minimum Gasteiger partial charge on any atom is -0.506 e. The molecule has 0 aliphatic carbocycles. The molecule has 0 unspecified atom stereocenters. The molecule has 1 amide bonds. The van der Waals surface area contributed by atoms with Crippen LogP contribution in [-0.2, 0) is 9.53 Å². The summed E-state index contributed by atoms with van der Waals surface area (Å²) in [5.74, 6) is -0.202. The van der Waals surface area contributed by atoms with Crippen molar-refractivity contribution < 1.29 is 34.3 Å². The average Bonchev–Trinajstić information content (AvgIpc) is 3.39. The molecule has 4 N–H and O–H groups in total. The lowest BCUT2D eigenvalue weighted by atomic mass is 9.91. The number of rotatable bonds is 5. The number of aliphatic hydroxyl groups excluding tert-OH is 3. The van der Waals surface area contributed by atoms with Gasteiger partial charge in [-0.3, -0.25) is 4.79 Å². The summed E-state index contributed by atoms with van der Waals surface area (Å²) in [6.07, 6.45) is -2.59. The summed E-state index contributed by atoms with van der Waals surface area (Å²) in [6.45, 7) is 1.03. The van der Waals surface area contributed by atoms with E-state index in [0.717, 1.165) is 0 Å². The fraction of sp³-hybridized carbons (Fsp3) is 0.417. The summed E-state index contributed by atoms with van der Waals surface area (Å²) < 4.78 is 20.5. The number of aromatic nitrogens is 4. The number of carbonyl (C=O) groups excluding carboxylic acids is 1. The van der Waals surface area contributed by atoms with Gasteiger partial charge in [0, 0.05) is 31.7 Å². The van der Waals surface area contributed by atoms with Gasteiger partial charge >= 0.3 is 0 Å². The van der Waals surface area contributed by atoms with Crippen LogP contribution in [0.15, 0.2) is 48.8 Å². The zero-order valence-corrected chi connectivity index (χ0v) is 19.7. The minimum atomic E-state index is -1.50. The molecule has 3 aromatic rings. The number of amides is 1. The van der Waals surface area contributed by atoms with E-state index in [1.165, 1.54) is 41.3 Å². The van der Waals surface area contributed by atoms with Crippen LogP contribution in [0.25, 0.3) is 11.3 Å². The highest BCUT2D eigenvalue weighted by Crippen LogP contribution is 2.32. The van der Waals surface area contributed by atoms with Crippen molar-refractivity contribution in [2.24, 2.45) is 0 Å². The van der Waals surface area contributed by atoms with E-state index in [-0.39, 0.29) is 5.75 Å². The largest absolute Gasteiger partial charge is 0.506 e. The lowest BCUT2D eigenvalue weighted by molar-refractivity contribution is -0.211. The van der Waals surface area contributed by atoms with Crippen LogP contribution in [0.3, 0.4) is 0 Å². The molecule has 2 aromatic heterocycles. The highest BCUT2D eigenvalue weighted by Gasteiger charge is 2.49. The van der Waals surface area contributed by atoms with E-state index in [1.807, 2.05) is 4.90 Å². The van der Waals surface area contributed by atoms with Crippen molar-refractivity contribution in [1.29, 1.82) is 0 Å². The van der Waals surface area contributed by atoms with Crippen LogP contribution in [0.2, 0.25) is 0 Å². The molecule has 196 valence electrons. The third-order valence-corrected chi connectivity index (χ3v) is 6.72. The second-order valence-electron chi connectivity index (χ2n) is 9.03. The summed E-state index contributed by atoms with van der Waals surface area (Å²) in [4.78, 5) is 21.1. The van der Waals surface area contributed by atoms with Crippen LogP contribution < -0.4 is 4.90 Å². The molecule has 2 fully saturated rings. The van der Waals surface area contributed by atoms with Gasteiger partial charge in [-0.2, -0.15) is 0 Å². The third-order valence-electron chi connectivity index (χ3n) is 6.72. The normalized spacial score (nSPS) is 26.3. The predicted octanol–water partition coefficient (Wildman–Crippen LogP) is -0.444. The highest BCUT2D eigenvalue weighted by atomic mass is 19.1. The smallest absolute Gasteiger partial charge is 0.254 e. The molecule has 2 aliphatic rings. The Labute approximate surface area is 211 Å². The number of piperazine rings is 1. The molecule has 13 heteroatoms. The Bertz CT molecular complexity index is 1230. The van der Waals surface area contributed by atoms with E-state index >= 15 is 0 Å². The number of aliphatic hydroxyl groups is 3. The number of nitrogens with zero attached hydrogens (tertiary/aromatic N) is 6. The maximum Gasteiger partial charge on any atom is 0.254 e. The third kappa shape index (κ3) is 4.98. The molecule has 0 saturated carbocycles. The van der Waals surface area contributed by atoms with Crippen molar-refractivity contribution in [2.45, 2.75) is 30.5 Å². The van der Waals surface area contributed by atoms with Gasteiger partial charge < -0.3 is 35.0 Å². The topological polar surface area (TPSA) is 157 Å². The van der Waals surface area contributed by atoms with Gasteiger partial charge in [-0.1, -0.05) is 17.3 Å². The number of benzene rings is 1. The zero-order chi connectivity index (χ0) is 26.1. The molecule has 37 heavy (non-hydrogen) atoms. The van der Waals surface area contributed by atoms with E-state index < -0.39 is 48.8 Å². The number of anilines is 1. The Balaban J connectivity index is 1.32. The summed E-state index contributed by atoms with van der Waals surface area (Å²) in [5, 5.41) is 49.2. The lowest BCUT2D eigenvalue weighted by Gasteiger charge is -2.44. The van der Waals surface area contributed by atoms with E-state index in [4.69, 9.17) is 4.74 Å². The number of aromatic hydroxyl groups is 1. The average molecular weight is 515 g/mol. The zero-order valence-electron chi connectivity index (χ0n) is 19.7. The van der Waals surface area contributed by atoms with E-state index in [9.17, 15) is 29.6 Å². The monoisotopic (exact) mass is 514 g/mol. The van der Waals surface area contributed by atoms with Gasteiger partial charge in [-0.05, 0) is 24.3 Å². The minimum absolute atomic E-state index is 0.0617. The predicted molar refractivity (Wildman–Crippen MR) is 127 cm³/mol. The van der Waals surface area contributed by atoms with Crippen molar-refractivity contribution in [1.82, 2.24) is 24.9 Å². The Morgan fingerprint density at radius 3 is 2.57 bits per heavy atom. The van der Waals surface area contributed by atoms with E-state index in [0.29, 0.717) is 43.3 Å². The maximum atomic E-state index is 13.7. The number of hydrogen-bond donors (Lipinski definition) is 4. The second-order valence-corrected chi connectivity index (χ2v) is 9.03. The first kappa shape index (κ1) is 25.0. The molecule has 0 spiro atoms. The number of hydrogen-bond acceptors (Lipinski definition) is 10. The molecule has 5 atom stereocenters. The van der Waals surface area contributed by atoms with Gasteiger partial charge in [0.25, 0.3) is 5.91 Å². The Hall–Kier alpha value is -3.65. The Morgan fingerprint density at radius 2 is 1.89 bits per heavy atom. The summed E-state index contributed by atoms with van der Waals surface area (Å²) in [7, 11) is 0. The van der Waals surface area contributed by atoms with Gasteiger partial charge in [0.1, 0.15) is 47.4 Å². The van der Waals surface area contributed by atoms with Gasteiger partial charge in [0.2, 0.25) is 0 Å². The molecule has 2 saturated heterocycles. The van der Waals surface area contributed by atoms with Crippen molar-refractivity contribution in [3.05, 3.63) is 54.6 Å². The van der Waals surface area contributed by atoms with Crippen LogP contribution in [-0.4, -0.2) is 108 Å². The molecule has 12 nitrogen and oxygen atoms in total. The van der Waals surface area contributed by atoms with Crippen LogP contribution in [0.5, 0.6) is 5.75 Å². The summed E-state index contributed by atoms with van der Waals surface area (Å²) >= 11 is 0. The standard InChI is InChI=1S/C24H27FN6O6/c25-15-3-1-2-14(10-15)17-12-31(28-27-17)20-21(34)18(13-32)37-23(22(20)35)24(36)30-8-6-29(7-9-30)19-5-4-16(33)11-26-19/h1-5,10-12,18,20-23,32-35H,6-9,13H2/t18-,20+,21+,22-,23-/m1/s1. The number of carbonyl (C=O) groups is 1. The fourth-order valence-electron chi connectivity index (χ4n) is 4.72. The van der Waals surface area contributed by atoms with Crippen molar-refractivity contribution in [3.8, 4) is 17.0 Å². The highest BCUT2D eigenvalue weighted by molar-refractivity contribution is 5.82. The van der Waals surface area contributed by atoms with Crippen molar-refractivity contribution in [2.75, 3.05) is 37.7 Å². The van der Waals surface area contributed by atoms with Crippen molar-refractivity contribution in [3.63, 3.8) is 0 Å². The Kier molecular flexibility index (Phi) is 7.02. The number of ether oxygens (including phenoxy) is 1. The lowest BCUT2D eigenvalue weighted by Crippen LogP contribution is -2.62. The van der Waals surface area contributed by atoms with Gasteiger partial charge in [0.15, 0.2) is 6.10 Å². The SMILES string of the molecule is O=C([C@@H]1O[C@H](CO)[C@H](O)[C@H](n2cc(-c3cccc(F)c3)nn2)[C@H]1O)N1CCN(c2ccc(O)cn2)CC1. The molecule has 2 aliphatic heterocycles. The summed E-state index contributed by atoms with van der Waals surface area (Å²) in [6, 6.07) is 7.83. The van der Waals surface area contributed by atoms with Crippen LogP contribution in [0.4, 0.5) is 10.2 Å². The van der Waals surface area contributed by atoms with E-state index in [2.05, 4.69) is 15.3 Å². The van der Waals surface area contributed by atoms with Crippen LogP contribution in [0, 0.1) is 5.82 Å². The first-order valence-corrected chi connectivity index (χ1v) is 11.8. The number of halogens is 1. The molecule has 5 rings (SSSR count). The molecule has 0 radical (unpaired) electrons. The van der Waals surface area contributed by atoms with Gasteiger partial charge in [-0.15, -0.1) is 5.10 Å². The van der Waals surface area contributed by atoms with E-state index in [1.54, 1.807) is 17.0 Å². The molecule has 1 aromatic carbocycles.